The molecule has 4 heteroatoms. The van der Waals surface area contributed by atoms with Crippen molar-refractivity contribution in [2.75, 3.05) is 0 Å². The van der Waals surface area contributed by atoms with Gasteiger partial charge in [0.15, 0.2) is 5.75 Å². The standard InChI is InChI=1S/C13H8ClNOS/c14-9-6-7-15-10-11(16)12(17-13(9)10)8-4-2-1-3-5-8/h1-7,16H. The smallest absolute Gasteiger partial charge is 0.160 e. The normalized spacial score (nSPS) is 10.9. The maximum atomic E-state index is 10.2. The molecule has 0 amide bonds. The number of hydrogen-bond acceptors (Lipinski definition) is 3. The number of rotatable bonds is 1. The van der Waals surface area contributed by atoms with E-state index >= 15 is 0 Å². The van der Waals surface area contributed by atoms with Crippen molar-refractivity contribution < 1.29 is 5.11 Å². The summed E-state index contributed by atoms with van der Waals surface area (Å²) in [7, 11) is 0. The molecule has 17 heavy (non-hydrogen) atoms. The summed E-state index contributed by atoms with van der Waals surface area (Å²) in [5.41, 5.74) is 1.55. The van der Waals surface area contributed by atoms with Gasteiger partial charge in [-0.25, -0.2) is 0 Å². The molecule has 3 rings (SSSR count). The molecule has 0 unspecified atom stereocenters. The fraction of sp³-hybridized carbons (Fsp3) is 0. The van der Waals surface area contributed by atoms with Gasteiger partial charge in [-0.2, -0.15) is 0 Å². The van der Waals surface area contributed by atoms with Crippen molar-refractivity contribution >= 4 is 33.2 Å². The van der Waals surface area contributed by atoms with Crippen molar-refractivity contribution in [2.45, 2.75) is 0 Å². The Morgan fingerprint density at radius 3 is 2.59 bits per heavy atom. The van der Waals surface area contributed by atoms with Gasteiger partial charge in [0.05, 0.1) is 14.6 Å². The van der Waals surface area contributed by atoms with Crippen LogP contribution >= 0.6 is 22.9 Å². The Kier molecular flexibility index (Phi) is 2.50. The van der Waals surface area contributed by atoms with Crippen LogP contribution in [0.15, 0.2) is 42.6 Å². The Labute approximate surface area is 107 Å². The van der Waals surface area contributed by atoms with Crippen molar-refractivity contribution in [1.82, 2.24) is 4.98 Å². The number of thiophene rings is 1. The van der Waals surface area contributed by atoms with Crippen molar-refractivity contribution in [3.63, 3.8) is 0 Å². The van der Waals surface area contributed by atoms with Gasteiger partial charge in [-0.05, 0) is 11.6 Å². The average Bonchev–Trinajstić information content (AvgIpc) is 2.70. The first-order valence-corrected chi connectivity index (χ1v) is 6.28. The Hall–Kier alpha value is -1.58. The lowest BCUT2D eigenvalue weighted by atomic mass is 10.2. The first kappa shape index (κ1) is 10.6. The highest BCUT2D eigenvalue weighted by Crippen LogP contribution is 2.44. The summed E-state index contributed by atoms with van der Waals surface area (Å²) < 4.78 is 0.825. The van der Waals surface area contributed by atoms with E-state index in [0.717, 1.165) is 15.1 Å². The van der Waals surface area contributed by atoms with Gasteiger partial charge in [-0.1, -0.05) is 41.9 Å². The minimum Gasteiger partial charge on any atom is -0.504 e. The summed E-state index contributed by atoms with van der Waals surface area (Å²) in [5.74, 6) is 0.207. The number of aromatic nitrogens is 1. The van der Waals surface area contributed by atoms with Crippen molar-refractivity contribution in [2.24, 2.45) is 0 Å². The fourth-order valence-electron chi connectivity index (χ4n) is 1.73. The van der Waals surface area contributed by atoms with E-state index in [4.69, 9.17) is 11.6 Å². The molecular weight excluding hydrogens is 254 g/mol. The van der Waals surface area contributed by atoms with E-state index in [0.29, 0.717) is 10.5 Å². The number of benzene rings is 1. The van der Waals surface area contributed by atoms with E-state index in [1.807, 2.05) is 30.3 Å². The minimum atomic E-state index is 0.207. The highest BCUT2D eigenvalue weighted by molar-refractivity contribution is 7.23. The molecule has 2 aromatic heterocycles. The number of hydrogen-bond donors (Lipinski definition) is 1. The number of pyridine rings is 1. The van der Waals surface area contributed by atoms with Gasteiger partial charge in [0.2, 0.25) is 0 Å². The van der Waals surface area contributed by atoms with Gasteiger partial charge >= 0.3 is 0 Å². The second-order valence-corrected chi connectivity index (χ2v) is 5.04. The zero-order valence-electron chi connectivity index (χ0n) is 8.72. The molecular formula is C13H8ClNOS. The van der Waals surface area contributed by atoms with E-state index in [9.17, 15) is 5.11 Å². The van der Waals surface area contributed by atoms with Gasteiger partial charge in [0.1, 0.15) is 5.52 Å². The van der Waals surface area contributed by atoms with Crippen molar-refractivity contribution in [1.29, 1.82) is 0 Å². The van der Waals surface area contributed by atoms with E-state index < -0.39 is 0 Å². The molecule has 1 N–H and O–H groups in total. The van der Waals surface area contributed by atoms with E-state index in [1.165, 1.54) is 11.3 Å². The van der Waals surface area contributed by atoms with E-state index in [-0.39, 0.29) is 5.75 Å². The largest absolute Gasteiger partial charge is 0.504 e. The molecule has 0 fully saturated rings. The zero-order chi connectivity index (χ0) is 11.8. The molecule has 0 atom stereocenters. The van der Waals surface area contributed by atoms with Crippen LogP contribution in [0.3, 0.4) is 0 Å². The first-order chi connectivity index (χ1) is 8.27. The maximum Gasteiger partial charge on any atom is 0.160 e. The van der Waals surface area contributed by atoms with E-state index in [2.05, 4.69) is 4.98 Å². The monoisotopic (exact) mass is 261 g/mol. The molecule has 0 bridgehead atoms. The molecule has 0 aliphatic carbocycles. The number of halogens is 1. The summed E-state index contributed by atoms with van der Waals surface area (Å²) in [5, 5.41) is 10.8. The number of aromatic hydroxyl groups is 1. The highest BCUT2D eigenvalue weighted by atomic mass is 35.5. The Balaban J connectivity index is 2.32. The number of fused-ring (bicyclic) bond motifs is 1. The third kappa shape index (κ3) is 1.68. The minimum absolute atomic E-state index is 0.207. The lowest BCUT2D eigenvalue weighted by molar-refractivity contribution is 0.484. The van der Waals surface area contributed by atoms with Crippen molar-refractivity contribution in [3.05, 3.63) is 47.6 Å². The molecule has 0 radical (unpaired) electrons. The van der Waals surface area contributed by atoms with Crippen LogP contribution in [0.5, 0.6) is 5.75 Å². The van der Waals surface area contributed by atoms with Crippen molar-refractivity contribution in [3.8, 4) is 16.2 Å². The lowest BCUT2D eigenvalue weighted by Gasteiger charge is -1.96. The van der Waals surface area contributed by atoms with Gasteiger partial charge in [0.25, 0.3) is 0 Å². The summed E-state index contributed by atoms with van der Waals surface area (Å²) >= 11 is 7.55. The Morgan fingerprint density at radius 1 is 1.12 bits per heavy atom. The second kappa shape index (κ2) is 4.02. The van der Waals surface area contributed by atoms with Crippen LogP contribution < -0.4 is 0 Å². The van der Waals surface area contributed by atoms with Gasteiger partial charge in [-0.15, -0.1) is 11.3 Å². The van der Waals surface area contributed by atoms with E-state index in [1.54, 1.807) is 12.3 Å². The zero-order valence-corrected chi connectivity index (χ0v) is 10.3. The summed E-state index contributed by atoms with van der Waals surface area (Å²) in [6.07, 6.45) is 1.60. The predicted octanol–water partition coefficient (Wildman–Crippen LogP) is 4.32. The summed E-state index contributed by atoms with van der Waals surface area (Å²) in [6, 6.07) is 11.5. The third-order valence-corrected chi connectivity index (χ3v) is 4.21. The summed E-state index contributed by atoms with van der Waals surface area (Å²) in [6.45, 7) is 0. The first-order valence-electron chi connectivity index (χ1n) is 5.09. The molecule has 2 heterocycles. The molecule has 2 nitrogen and oxygen atoms in total. The van der Waals surface area contributed by atoms with Gasteiger partial charge < -0.3 is 5.11 Å². The predicted molar refractivity (Wildman–Crippen MR) is 71.7 cm³/mol. The van der Waals surface area contributed by atoms with Gasteiger partial charge in [0, 0.05) is 6.20 Å². The molecule has 0 saturated carbocycles. The molecule has 0 aliphatic heterocycles. The van der Waals surface area contributed by atoms with Crippen LogP contribution in [0.2, 0.25) is 5.02 Å². The molecule has 0 spiro atoms. The third-order valence-electron chi connectivity index (χ3n) is 2.54. The number of nitrogens with zero attached hydrogens (tertiary/aromatic N) is 1. The van der Waals surface area contributed by atoms with Gasteiger partial charge in [-0.3, -0.25) is 4.98 Å². The lowest BCUT2D eigenvalue weighted by Crippen LogP contribution is -1.73. The Bertz CT molecular complexity index is 678. The van der Waals surface area contributed by atoms with Crippen LogP contribution in [0.25, 0.3) is 20.7 Å². The van der Waals surface area contributed by atoms with Crippen LogP contribution in [-0.2, 0) is 0 Å². The molecule has 1 aromatic carbocycles. The fourth-order valence-corrected chi connectivity index (χ4v) is 3.06. The second-order valence-electron chi connectivity index (χ2n) is 3.62. The van der Waals surface area contributed by atoms with Crippen LogP contribution in [-0.4, -0.2) is 10.1 Å². The summed E-state index contributed by atoms with van der Waals surface area (Å²) in [4.78, 5) is 4.97. The molecule has 0 saturated heterocycles. The Morgan fingerprint density at radius 2 is 1.88 bits per heavy atom. The molecule has 0 aliphatic rings. The van der Waals surface area contributed by atoms with Crippen LogP contribution in [0.1, 0.15) is 0 Å². The maximum absolute atomic E-state index is 10.2. The highest BCUT2D eigenvalue weighted by Gasteiger charge is 2.15. The molecule has 84 valence electrons. The molecule has 3 aromatic rings. The SMILES string of the molecule is Oc1c(-c2ccccc2)sc2c(Cl)ccnc12. The quantitative estimate of drug-likeness (QED) is 0.708. The van der Waals surface area contributed by atoms with Crippen LogP contribution in [0, 0.1) is 0 Å². The topological polar surface area (TPSA) is 33.1 Å². The van der Waals surface area contributed by atoms with Crippen LogP contribution in [0.4, 0.5) is 0 Å². The average molecular weight is 262 g/mol.